The summed E-state index contributed by atoms with van der Waals surface area (Å²) >= 11 is 0. The number of hydrogen-bond acceptors (Lipinski definition) is 3. The van der Waals surface area contributed by atoms with Gasteiger partial charge in [-0.05, 0) is 36.6 Å². The minimum absolute atomic E-state index is 0.00229. The second-order valence-corrected chi connectivity index (χ2v) is 8.02. The highest BCUT2D eigenvalue weighted by Gasteiger charge is 2.72. The van der Waals surface area contributed by atoms with Gasteiger partial charge in [0.1, 0.15) is 11.3 Å². The van der Waals surface area contributed by atoms with E-state index in [9.17, 15) is 18.4 Å². The van der Waals surface area contributed by atoms with Crippen LogP contribution in [-0.4, -0.2) is 34.8 Å². The number of fused-ring (bicyclic) bond motifs is 2. The number of nitrogens with one attached hydrogen (secondary N) is 1. The highest BCUT2D eigenvalue weighted by Crippen LogP contribution is 2.59. The van der Waals surface area contributed by atoms with Crippen LogP contribution < -0.4 is 5.63 Å². The fourth-order valence-corrected chi connectivity index (χ4v) is 4.48. The molecule has 2 aliphatic rings. The molecule has 1 aliphatic carbocycles. The molecule has 7 heteroatoms. The molecule has 0 radical (unpaired) electrons. The lowest BCUT2D eigenvalue weighted by Gasteiger charge is -2.20. The molecule has 1 saturated heterocycles. The van der Waals surface area contributed by atoms with E-state index in [-0.39, 0.29) is 18.7 Å². The summed E-state index contributed by atoms with van der Waals surface area (Å²) in [5.41, 5.74) is 1.95. The number of halogens is 2. The molecule has 29 heavy (non-hydrogen) atoms. The minimum Gasteiger partial charge on any atom is -0.427 e. The second kappa shape index (κ2) is 6.27. The largest absolute Gasteiger partial charge is 0.427 e. The van der Waals surface area contributed by atoms with Gasteiger partial charge in [-0.25, -0.2) is 13.6 Å². The number of piperidine rings is 1. The molecule has 1 amide bonds. The average Bonchev–Trinajstić information content (AvgIpc) is 3.10. The first-order valence-electron chi connectivity index (χ1n) is 9.72. The fourth-order valence-electron chi connectivity index (χ4n) is 4.48. The maximum atomic E-state index is 13.4. The van der Waals surface area contributed by atoms with Gasteiger partial charge in [-0.15, -0.1) is 0 Å². The maximum Gasteiger partial charge on any atom is 0.349 e. The van der Waals surface area contributed by atoms with Crippen molar-refractivity contribution in [2.75, 3.05) is 13.1 Å². The van der Waals surface area contributed by atoms with Gasteiger partial charge in [-0.1, -0.05) is 18.2 Å². The van der Waals surface area contributed by atoms with Gasteiger partial charge in [0, 0.05) is 36.6 Å². The Labute approximate surface area is 165 Å². The number of aryl methyl sites for hydroxylation is 3. The van der Waals surface area contributed by atoms with Gasteiger partial charge in [0.25, 0.3) is 11.8 Å². The Bertz CT molecular complexity index is 1170. The summed E-state index contributed by atoms with van der Waals surface area (Å²) in [6.07, 6.45) is 3.15. The van der Waals surface area contributed by atoms with Crippen molar-refractivity contribution in [3.63, 3.8) is 0 Å². The van der Waals surface area contributed by atoms with Crippen LogP contribution in [-0.2, 0) is 12.8 Å². The summed E-state index contributed by atoms with van der Waals surface area (Å²) < 4.78 is 32.1. The summed E-state index contributed by atoms with van der Waals surface area (Å²) in [6.45, 7) is 1.68. The van der Waals surface area contributed by atoms with Crippen molar-refractivity contribution in [3.05, 3.63) is 69.4 Å². The second-order valence-electron chi connectivity index (χ2n) is 8.02. The molecule has 5 nitrogen and oxygen atoms in total. The Kier molecular flexibility index (Phi) is 3.91. The van der Waals surface area contributed by atoms with Crippen molar-refractivity contribution < 1.29 is 18.0 Å². The number of H-pyrrole nitrogens is 1. The first-order valence-corrected chi connectivity index (χ1v) is 9.72. The zero-order valence-corrected chi connectivity index (χ0v) is 15.9. The molecule has 5 rings (SSSR count). The normalized spacial score (nSPS) is 22.1. The van der Waals surface area contributed by atoms with Crippen molar-refractivity contribution in [2.24, 2.45) is 11.8 Å². The highest BCUT2D eigenvalue weighted by molar-refractivity contribution is 5.95. The Morgan fingerprint density at radius 3 is 2.69 bits per heavy atom. The van der Waals surface area contributed by atoms with Crippen molar-refractivity contribution in [1.82, 2.24) is 9.88 Å². The lowest BCUT2D eigenvalue weighted by molar-refractivity contribution is 0.0456. The number of alkyl halides is 2. The fraction of sp³-hybridized carbons (Fsp3) is 0.364. The van der Waals surface area contributed by atoms with Crippen LogP contribution in [0.5, 0.6) is 0 Å². The SMILES string of the molecule is Cc1cc(CCc2c[nH]c3ccccc23)oc(=O)c1C(=O)N1CC2C(C1)C2(F)F. The van der Waals surface area contributed by atoms with Gasteiger partial charge in [0.05, 0.1) is 11.8 Å². The standard InChI is InChI=1S/C22H20F2N2O3/c1-12-8-14(7-6-13-9-25-18-5-3-2-4-15(13)18)29-21(28)19(12)20(27)26-10-16-17(11-26)22(16,23)24/h2-5,8-9,16-17,25H,6-7,10-11H2,1H3. The van der Waals surface area contributed by atoms with E-state index in [2.05, 4.69) is 4.98 Å². The number of carbonyl (C=O) groups is 1. The lowest BCUT2D eigenvalue weighted by Crippen LogP contribution is -2.36. The van der Waals surface area contributed by atoms with E-state index in [0.29, 0.717) is 24.2 Å². The van der Waals surface area contributed by atoms with E-state index in [0.717, 1.165) is 16.5 Å². The van der Waals surface area contributed by atoms with Gasteiger partial charge in [0.15, 0.2) is 0 Å². The molecule has 1 aliphatic heterocycles. The summed E-state index contributed by atoms with van der Waals surface area (Å²) in [4.78, 5) is 29.7. The van der Waals surface area contributed by atoms with E-state index in [1.54, 1.807) is 13.0 Å². The van der Waals surface area contributed by atoms with E-state index in [1.807, 2.05) is 30.5 Å². The molecule has 2 aromatic heterocycles. The number of nitrogens with zero attached hydrogens (tertiary/aromatic N) is 1. The molecule has 2 unspecified atom stereocenters. The van der Waals surface area contributed by atoms with Gasteiger partial charge in [-0.3, -0.25) is 4.79 Å². The van der Waals surface area contributed by atoms with Crippen LogP contribution >= 0.6 is 0 Å². The molecule has 1 saturated carbocycles. The maximum absolute atomic E-state index is 13.4. The minimum atomic E-state index is -2.66. The number of aromatic nitrogens is 1. The predicted molar refractivity (Wildman–Crippen MR) is 103 cm³/mol. The summed E-state index contributed by atoms with van der Waals surface area (Å²) in [5.74, 6) is -4.21. The zero-order valence-electron chi connectivity index (χ0n) is 15.9. The van der Waals surface area contributed by atoms with Crippen LogP contribution in [0.1, 0.15) is 27.2 Å². The Morgan fingerprint density at radius 1 is 1.24 bits per heavy atom. The van der Waals surface area contributed by atoms with Crippen LogP contribution in [0.3, 0.4) is 0 Å². The third kappa shape index (κ3) is 2.87. The third-order valence-electron chi connectivity index (χ3n) is 6.22. The molecule has 2 fully saturated rings. The Morgan fingerprint density at radius 2 is 1.97 bits per heavy atom. The lowest BCUT2D eigenvalue weighted by atomic mass is 10.0. The molecule has 3 heterocycles. The number of carbonyl (C=O) groups excluding carboxylic acids is 1. The number of likely N-dealkylation sites (tertiary alicyclic amines) is 1. The number of para-hydroxylation sites is 1. The first kappa shape index (κ1) is 18.1. The predicted octanol–water partition coefficient (Wildman–Crippen LogP) is 3.55. The van der Waals surface area contributed by atoms with Crippen LogP contribution in [0, 0.1) is 18.8 Å². The summed E-state index contributed by atoms with van der Waals surface area (Å²) in [7, 11) is 0. The van der Waals surface area contributed by atoms with E-state index >= 15 is 0 Å². The van der Waals surface area contributed by atoms with E-state index < -0.39 is 29.3 Å². The van der Waals surface area contributed by atoms with E-state index in [4.69, 9.17) is 4.42 Å². The number of benzene rings is 1. The molecular weight excluding hydrogens is 378 g/mol. The first-order chi connectivity index (χ1) is 13.9. The molecule has 150 valence electrons. The molecule has 2 atom stereocenters. The van der Waals surface area contributed by atoms with E-state index in [1.165, 1.54) is 4.90 Å². The monoisotopic (exact) mass is 398 g/mol. The van der Waals surface area contributed by atoms with Crippen molar-refractivity contribution in [2.45, 2.75) is 25.7 Å². The highest BCUT2D eigenvalue weighted by atomic mass is 19.3. The number of rotatable bonds is 4. The molecule has 0 spiro atoms. The van der Waals surface area contributed by atoms with Gasteiger partial charge >= 0.3 is 5.63 Å². The number of hydrogen-bond donors (Lipinski definition) is 1. The topological polar surface area (TPSA) is 66.3 Å². The van der Waals surface area contributed by atoms with Crippen molar-refractivity contribution in [3.8, 4) is 0 Å². The number of aromatic amines is 1. The van der Waals surface area contributed by atoms with Gasteiger partial charge < -0.3 is 14.3 Å². The zero-order chi connectivity index (χ0) is 20.3. The molecule has 3 aromatic rings. The smallest absolute Gasteiger partial charge is 0.349 e. The Hall–Kier alpha value is -2.96. The molecule has 1 aromatic carbocycles. The van der Waals surface area contributed by atoms with Gasteiger partial charge in [0.2, 0.25) is 0 Å². The average molecular weight is 398 g/mol. The van der Waals surface area contributed by atoms with Crippen LogP contribution in [0.15, 0.2) is 45.7 Å². The molecular formula is C22H20F2N2O3. The Balaban J connectivity index is 1.32. The quantitative estimate of drug-likeness (QED) is 0.731. The van der Waals surface area contributed by atoms with Gasteiger partial charge in [-0.2, -0.15) is 0 Å². The van der Waals surface area contributed by atoms with Crippen molar-refractivity contribution >= 4 is 16.8 Å². The van der Waals surface area contributed by atoms with Crippen LogP contribution in [0.2, 0.25) is 0 Å². The van der Waals surface area contributed by atoms with Crippen LogP contribution in [0.25, 0.3) is 10.9 Å². The molecule has 0 bridgehead atoms. The number of amides is 1. The van der Waals surface area contributed by atoms with Crippen LogP contribution in [0.4, 0.5) is 8.78 Å². The third-order valence-corrected chi connectivity index (χ3v) is 6.22. The summed E-state index contributed by atoms with van der Waals surface area (Å²) in [6, 6.07) is 9.68. The molecule has 1 N–H and O–H groups in total. The van der Waals surface area contributed by atoms with Crippen molar-refractivity contribution in [1.29, 1.82) is 0 Å². The summed E-state index contributed by atoms with van der Waals surface area (Å²) in [5, 5.41) is 1.13.